The summed E-state index contributed by atoms with van der Waals surface area (Å²) in [6.45, 7) is 4.58. The number of hydrogen-bond donors (Lipinski definition) is 1. The van der Waals surface area contributed by atoms with Crippen LogP contribution in [0, 0.1) is 5.41 Å². The molecule has 1 aliphatic rings. The predicted molar refractivity (Wildman–Crippen MR) is 71.5 cm³/mol. The smallest absolute Gasteiger partial charge is 0.118 e. The van der Waals surface area contributed by atoms with E-state index in [-0.39, 0.29) is 0 Å². The maximum atomic E-state index is 5.15. The van der Waals surface area contributed by atoms with E-state index in [0.29, 0.717) is 5.41 Å². The zero-order valence-electron chi connectivity index (χ0n) is 11.0. The quantitative estimate of drug-likeness (QED) is 0.731. The third kappa shape index (κ3) is 3.47. The molecule has 2 rings (SSSR count). The lowest BCUT2D eigenvalue weighted by Gasteiger charge is -2.13. The summed E-state index contributed by atoms with van der Waals surface area (Å²) in [7, 11) is 1.70. The van der Waals surface area contributed by atoms with Crippen LogP contribution in [0.5, 0.6) is 5.75 Å². The van der Waals surface area contributed by atoms with Crippen molar-refractivity contribution in [2.24, 2.45) is 5.41 Å². The summed E-state index contributed by atoms with van der Waals surface area (Å²) in [5.74, 6) is 0.935. The van der Waals surface area contributed by atoms with Crippen LogP contribution in [0.2, 0.25) is 0 Å². The van der Waals surface area contributed by atoms with Crippen molar-refractivity contribution >= 4 is 0 Å². The van der Waals surface area contributed by atoms with Crippen LogP contribution in [0.15, 0.2) is 24.3 Å². The van der Waals surface area contributed by atoms with E-state index in [4.69, 9.17) is 4.74 Å². The molecule has 0 heterocycles. The van der Waals surface area contributed by atoms with Gasteiger partial charge in [0.2, 0.25) is 0 Å². The Labute approximate surface area is 104 Å². The van der Waals surface area contributed by atoms with E-state index >= 15 is 0 Å². The molecular weight excluding hydrogens is 210 g/mol. The Kier molecular flexibility index (Phi) is 4.06. The van der Waals surface area contributed by atoms with Gasteiger partial charge in [-0.1, -0.05) is 19.1 Å². The standard InChI is InChI=1S/C15H23NO/c1-3-15(9-10-15)12-16-11-8-13-4-6-14(17-2)7-5-13/h4-7,16H,3,8-12H2,1-2H3. The molecule has 0 aromatic heterocycles. The molecule has 0 saturated heterocycles. The summed E-state index contributed by atoms with van der Waals surface area (Å²) in [6.07, 6.45) is 5.25. The number of ether oxygens (including phenoxy) is 1. The van der Waals surface area contributed by atoms with Crippen LogP contribution < -0.4 is 10.1 Å². The molecule has 0 spiro atoms. The van der Waals surface area contributed by atoms with Gasteiger partial charge in [-0.05, 0) is 55.3 Å². The Bertz CT molecular complexity index is 340. The van der Waals surface area contributed by atoms with Crippen LogP contribution in [0.25, 0.3) is 0 Å². The summed E-state index contributed by atoms with van der Waals surface area (Å²) in [4.78, 5) is 0. The highest BCUT2D eigenvalue weighted by molar-refractivity contribution is 5.27. The molecule has 2 nitrogen and oxygen atoms in total. The first-order valence-electron chi connectivity index (χ1n) is 6.62. The van der Waals surface area contributed by atoms with Crippen molar-refractivity contribution in [1.29, 1.82) is 0 Å². The van der Waals surface area contributed by atoms with Gasteiger partial charge < -0.3 is 10.1 Å². The lowest BCUT2D eigenvalue weighted by atomic mass is 10.0. The molecule has 1 N–H and O–H groups in total. The molecule has 0 unspecified atom stereocenters. The van der Waals surface area contributed by atoms with Crippen molar-refractivity contribution < 1.29 is 4.74 Å². The van der Waals surface area contributed by atoms with E-state index in [2.05, 4.69) is 24.4 Å². The summed E-state index contributed by atoms with van der Waals surface area (Å²) < 4.78 is 5.15. The van der Waals surface area contributed by atoms with Gasteiger partial charge in [0.15, 0.2) is 0 Å². The van der Waals surface area contributed by atoms with Crippen LogP contribution in [-0.2, 0) is 6.42 Å². The number of methoxy groups -OCH3 is 1. The molecule has 17 heavy (non-hydrogen) atoms. The topological polar surface area (TPSA) is 21.3 Å². The minimum Gasteiger partial charge on any atom is -0.497 e. The maximum absolute atomic E-state index is 5.15. The lowest BCUT2D eigenvalue weighted by Crippen LogP contribution is -2.25. The van der Waals surface area contributed by atoms with E-state index in [1.165, 1.54) is 31.4 Å². The summed E-state index contributed by atoms with van der Waals surface area (Å²) in [5, 5.41) is 3.58. The fraction of sp³-hybridized carbons (Fsp3) is 0.600. The second-order valence-corrected chi connectivity index (χ2v) is 5.13. The molecule has 1 aromatic carbocycles. The molecule has 0 aliphatic heterocycles. The fourth-order valence-electron chi connectivity index (χ4n) is 2.21. The summed E-state index contributed by atoms with van der Waals surface area (Å²) in [5.41, 5.74) is 2.03. The first-order chi connectivity index (χ1) is 8.28. The van der Waals surface area contributed by atoms with Crippen LogP contribution in [0.4, 0.5) is 0 Å². The van der Waals surface area contributed by atoms with E-state index in [0.717, 1.165) is 18.7 Å². The average molecular weight is 233 g/mol. The van der Waals surface area contributed by atoms with Gasteiger partial charge in [-0.2, -0.15) is 0 Å². The van der Waals surface area contributed by atoms with Crippen LogP contribution in [0.1, 0.15) is 31.7 Å². The Morgan fingerprint density at radius 2 is 1.94 bits per heavy atom. The third-order valence-electron chi connectivity index (χ3n) is 3.96. The van der Waals surface area contributed by atoms with E-state index in [1.54, 1.807) is 7.11 Å². The number of benzene rings is 1. The van der Waals surface area contributed by atoms with Gasteiger partial charge in [0, 0.05) is 6.54 Å². The predicted octanol–water partition coefficient (Wildman–Crippen LogP) is 3.02. The normalized spacial score (nSPS) is 16.8. The van der Waals surface area contributed by atoms with Crippen LogP contribution in [-0.4, -0.2) is 20.2 Å². The van der Waals surface area contributed by atoms with Gasteiger partial charge in [0.1, 0.15) is 5.75 Å². The Hall–Kier alpha value is -1.02. The summed E-state index contributed by atoms with van der Waals surface area (Å²) in [6, 6.07) is 8.36. The Morgan fingerprint density at radius 3 is 2.47 bits per heavy atom. The highest BCUT2D eigenvalue weighted by atomic mass is 16.5. The Morgan fingerprint density at radius 1 is 1.24 bits per heavy atom. The van der Waals surface area contributed by atoms with Gasteiger partial charge in [-0.25, -0.2) is 0 Å². The van der Waals surface area contributed by atoms with E-state index < -0.39 is 0 Å². The molecule has 0 radical (unpaired) electrons. The second kappa shape index (κ2) is 5.54. The van der Waals surface area contributed by atoms with Crippen molar-refractivity contribution in [3.63, 3.8) is 0 Å². The fourth-order valence-corrected chi connectivity index (χ4v) is 2.21. The molecule has 0 bridgehead atoms. The average Bonchev–Trinajstić information content (AvgIpc) is 3.16. The van der Waals surface area contributed by atoms with Crippen LogP contribution >= 0.6 is 0 Å². The minimum atomic E-state index is 0.653. The molecule has 0 atom stereocenters. The van der Waals surface area contributed by atoms with Crippen molar-refractivity contribution in [1.82, 2.24) is 5.32 Å². The second-order valence-electron chi connectivity index (χ2n) is 5.13. The molecular formula is C15H23NO. The zero-order valence-corrected chi connectivity index (χ0v) is 11.0. The minimum absolute atomic E-state index is 0.653. The van der Waals surface area contributed by atoms with E-state index in [1.807, 2.05) is 12.1 Å². The zero-order chi connectivity index (χ0) is 12.1. The van der Waals surface area contributed by atoms with Gasteiger partial charge in [0.05, 0.1) is 7.11 Å². The van der Waals surface area contributed by atoms with Gasteiger partial charge in [0.25, 0.3) is 0 Å². The molecule has 1 aliphatic carbocycles. The van der Waals surface area contributed by atoms with Gasteiger partial charge in [-0.3, -0.25) is 0 Å². The molecule has 94 valence electrons. The van der Waals surface area contributed by atoms with Crippen molar-refractivity contribution in [2.45, 2.75) is 32.6 Å². The molecule has 1 saturated carbocycles. The maximum Gasteiger partial charge on any atom is 0.118 e. The van der Waals surface area contributed by atoms with Crippen LogP contribution in [0.3, 0.4) is 0 Å². The number of rotatable bonds is 7. The summed E-state index contributed by atoms with van der Waals surface area (Å²) >= 11 is 0. The molecule has 1 aromatic rings. The first kappa shape index (κ1) is 12.4. The van der Waals surface area contributed by atoms with Crippen molar-refractivity contribution in [3.05, 3.63) is 29.8 Å². The largest absolute Gasteiger partial charge is 0.497 e. The van der Waals surface area contributed by atoms with Crippen molar-refractivity contribution in [2.75, 3.05) is 20.2 Å². The highest BCUT2D eigenvalue weighted by Crippen LogP contribution is 2.47. The molecule has 1 fully saturated rings. The highest BCUT2D eigenvalue weighted by Gasteiger charge is 2.39. The van der Waals surface area contributed by atoms with Gasteiger partial charge in [-0.15, -0.1) is 0 Å². The van der Waals surface area contributed by atoms with E-state index in [9.17, 15) is 0 Å². The third-order valence-corrected chi connectivity index (χ3v) is 3.96. The lowest BCUT2D eigenvalue weighted by molar-refractivity contribution is 0.414. The molecule has 2 heteroatoms. The Balaban J connectivity index is 1.67. The van der Waals surface area contributed by atoms with Gasteiger partial charge >= 0.3 is 0 Å². The first-order valence-corrected chi connectivity index (χ1v) is 6.62. The number of nitrogens with one attached hydrogen (secondary N) is 1. The number of hydrogen-bond acceptors (Lipinski definition) is 2. The monoisotopic (exact) mass is 233 g/mol. The van der Waals surface area contributed by atoms with Crippen molar-refractivity contribution in [3.8, 4) is 5.75 Å². The SMILES string of the molecule is CCC1(CNCCc2ccc(OC)cc2)CC1. The molecule has 0 amide bonds.